The minimum Gasteiger partial charge on any atom is -0.350 e. The highest BCUT2D eigenvalue weighted by Crippen LogP contribution is 2.63. The van der Waals surface area contributed by atoms with Gasteiger partial charge >= 0.3 is 0 Å². The van der Waals surface area contributed by atoms with E-state index in [9.17, 15) is 4.79 Å². The normalized spacial score (nSPS) is 21.9. The number of hydrogen-bond acceptors (Lipinski definition) is 2. The van der Waals surface area contributed by atoms with Crippen LogP contribution in [0.3, 0.4) is 0 Å². The summed E-state index contributed by atoms with van der Waals surface area (Å²) in [7, 11) is 0. The van der Waals surface area contributed by atoms with E-state index in [1.165, 1.54) is 5.56 Å². The van der Waals surface area contributed by atoms with E-state index in [-0.39, 0.29) is 16.7 Å². The Balaban J connectivity index is 1.69. The van der Waals surface area contributed by atoms with Gasteiger partial charge in [0.2, 0.25) is 0 Å². The van der Waals surface area contributed by atoms with Crippen molar-refractivity contribution in [3.63, 3.8) is 0 Å². The number of aromatic nitrogens is 2. The third-order valence-electron chi connectivity index (χ3n) is 5.17. The average molecular weight is 311 g/mol. The molecule has 1 atom stereocenters. The summed E-state index contributed by atoms with van der Waals surface area (Å²) in [6.45, 7) is 7.29. The van der Waals surface area contributed by atoms with Gasteiger partial charge in [-0.05, 0) is 29.9 Å². The maximum atomic E-state index is 12.4. The van der Waals surface area contributed by atoms with Crippen LogP contribution < -0.4 is 5.32 Å². The topological polar surface area (TPSA) is 57.8 Å². The molecule has 0 saturated heterocycles. The molecule has 1 aliphatic carbocycles. The molecule has 4 nitrogen and oxygen atoms in total. The van der Waals surface area contributed by atoms with Crippen molar-refractivity contribution < 1.29 is 4.79 Å². The molecular formula is C19H25N3O. The molecule has 1 heterocycles. The van der Waals surface area contributed by atoms with Crippen molar-refractivity contribution in [3.8, 4) is 0 Å². The van der Waals surface area contributed by atoms with E-state index < -0.39 is 0 Å². The van der Waals surface area contributed by atoms with Crippen LogP contribution in [0.25, 0.3) is 0 Å². The van der Waals surface area contributed by atoms with E-state index in [0.717, 1.165) is 25.0 Å². The van der Waals surface area contributed by atoms with Gasteiger partial charge in [-0.3, -0.25) is 9.89 Å². The molecule has 0 bridgehead atoms. The smallest absolute Gasteiger partial charge is 0.271 e. The van der Waals surface area contributed by atoms with Crippen molar-refractivity contribution in [2.24, 2.45) is 5.41 Å². The largest absolute Gasteiger partial charge is 0.350 e. The van der Waals surface area contributed by atoms with Crippen LogP contribution in [0.5, 0.6) is 0 Å². The number of hydrogen-bond donors (Lipinski definition) is 2. The quantitative estimate of drug-likeness (QED) is 0.858. The lowest BCUT2D eigenvalue weighted by molar-refractivity contribution is 0.0943. The minimum absolute atomic E-state index is 0.0342. The SMILES string of the molecule is CCCc1cc(C(=O)NC[C@]2(c3ccccc3)CC2(C)C)n[nH]1. The molecule has 23 heavy (non-hydrogen) atoms. The van der Waals surface area contributed by atoms with Crippen molar-refractivity contribution in [3.05, 3.63) is 53.3 Å². The molecule has 122 valence electrons. The van der Waals surface area contributed by atoms with E-state index in [2.05, 4.69) is 60.6 Å². The molecule has 1 aromatic carbocycles. The number of H-pyrrole nitrogens is 1. The van der Waals surface area contributed by atoms with Crippen molar-refractivity contribution in [1.82, 2.24) is 15.5 Å². The molecule has 2 N–H and O–H groups in total. The van der Waals surface area contributed by atoms with Crippen LogP contribution in [-0.2, 0) is 11.8 Å². The summed E-state index contributed by atoms with van der Waals surface area (Å²) in [4.78, 5) is 12.4. The Labute approximate surface area is 137 Å². The first-order valence-corrected chi connectivity index (χ1v) is 8.36. The molecule has 0 radical (unpaired) electrons. The first-order valence-electron chi connectivity index (χ1n) is 8.36. The molecule has 0 aliphatic heterocycles. The Kier molecular flexibility index (Phi) is 4.00. The summed E-state index contributed by atoms with van der Waals surface area (Å²) in [5.41, 5.74) is 3.05. The number of rotatable bonds is 6. The zero-order valence-electron chi connectivity index (χ0n) is 14.1. The van der Waals surface area contributed by atoms with Gasteiger partial charge in [-0.25, -0.2) is 0 Å². The average Bonchev–Trinajstić information content (AvgIpc) is 2.88. The van der Waals surface area contributed by atoms with E-state index in [1.54, 1.807) is 0 Å². The van der Waals surface area contributed by atoms with Gasteiger partial charge < -0.3 is 5.32 Å². The third-order valence-corrected chi connectivity index (χ3v) is 5.17. The van der Waals surface area contributed by atoms with Gasteiger partial charge in [0.1, 0.15) is 5.69 Å². The molecule has 1 amide bonds. The zero-order valence-corrected chi connectivity index (χ0v) is 14.1. The Morgan fingerprint density at radius 1 is 1.30 bits per heavy atom. The van der Waals surface area contributed by atoms with Crippen LogP contribution in [0.2, 0.25) is 0 Å². The van der Waals surface area contributed by atoms with E-state index in [1.807, 2.05) is 12.1 Å². The predicted octanol–water partition coefficient (Wildman–Crippen LogP) is 3.46. The number of amides is 1. The lowest BCUT2D eigenvalue weighted by atomic mass is 9.88. The molecule has 0 spiro atoms. The molecule has 1 fully saturated rings. The van der Waals surface area contributed by atoms with Gasteiger partial charge in [0.15, 0.2) is 0 Å². The van der Waals surface area contributed by atoms with Crippen LogP contribution >= 0.6 is 0 Å². The predicted molar refractivity (Wildman–Crippen MR) is 91.4 cm³/mol. The summed E-state index contributed by atoms with van der Waals surface area (Å²) in [6.07, 6.45) is 3.04. The third kappa shape index (κ3) is 2.90. The summed E-state index contributed by atoms with van der Waals surface area (Å²) in [6, 6.07) is 12.3. The van der Waals surface area contributed by atoms with E-state index >= 15 is 0 Å². The fourth-order valence-electron chi connectivity index (χ4n) is 3.56. The number of nitrogens with zero attached hydrogens (tertiary/aromatic N) is 1. The number of carbonyl (C=O) groups is 1. The van der Waals surface area contributed by atoms with Crippen LogP contribution in [0.4, 0.5) is 0 Å². The van der Waals surface area contributed by atoms with Gasteiger partial charge in [-0.15, -0.1) is 0 Å². The first-order chi connectivity index (χ1) is 11.0. The second-order valence-electron chi connectivity index (χ2n) is 7.22. The summed E-state index contributed by atoms with van der Waals surface area (Å²) in [5.74, 6) is -0.0957. The maximum Gasteiger partial charge on any atom is 0.271 e. The van der Waals surface area contributed by atoms with Crippen molar-refractivity contribution in [2.75, 3.05) is 6.54 Å². The molecule has 1 saturated carbocycles. The van der Waals surface area contributed by atoms with Crippen LogP contribution in [-0.4, -0.2) is 22.6 Å². The van der Waals surface area contributed by atoms with Crippen LogP contribution in [0.15, 0.2) is 36.4 Å². The summed E-state index contributed by atoms with van der Waals surface area (Å²) < 4.78 is 0. The Bertz CT molecular complexity index is 690. The van der Waals surface area contributed by atoms with Crippen LogP contribution in [0, 0.1) is 5.41 Å². The number of benzene rings is 1. The summed E-state index contributed by atoms with van der Waals surface area (Å²) in [5, 5.41) is 10.2. The molecule has 2 aromatic rings. The minimum atomic E-state index is -0.0957. The second-order valence-corrected chi connectivity index (χ2v) is 7.22. The Hall–Kier alpha value is -2.10. The fraction of sp³-hybridized carbons (Fsp3) is 0.474. The second kappa shape index (κ2) is 5.84. The van der Waals surface area contributed by atoms with Gasteiger partial charge in [-0.2, -0.15) is 5.10 Å². The van der Waals surface area contributed by atoms with Gasteiger partial charge in [0.05, 0.1) is 0 Å². The molecule has 1 aromatic heterocycles. The standard InChI is InChI=1S/C19H25N3O/c1-4-8-15-11-16(22-21-15)17(23)20-13-19(12-18(19,2)3)14-9-6-5-7-10-14/h5-7,9-11H,4,8,12-13H2,1-3H3,(H,20,23)(H,21,22)/t19-/m0/s1. The fourth-order valence-corrected chi connectivity index (χ4v) is 3.56. The molecule has 1 aliphatic rings. The lowest BCUT2D eigenvalue weighted by Gasteiger charge is -2.21. The van der Waals surface area contributed by atoms with Crippen molar-refractivity contribution >= 4 is 5.91 Å². The highest BCUT2D eigenvalue weighted by atomic mass is 16.1. The van der Waals surface area contributed by atoms with Crippen molar-refractivity contribution in [1.29, 1.82) is 0 Å². The first kappa shape index (κ1) is 15.8. The number of aromatic amines is 1. The highest BCUT2D eigenvalue weighted by molar-refractivity contribution is 5.92. The molecular weight excluding hydrogens is 286 g/mol. The molecule has 0 unspecified atom stereocenters. The van der Waals surface area contributed by atoms with Crippen molar-refractivity contribution in [2.45, 2.75) is 45.4 Å². The Morgan fingerprint density at radius 2 is 2.00 bits per heavy atom. The monoisotopic (exact) mass is 311 g/mol. The summed E-state index contributed by atoms with van der Waals surface area (Å²) >= 11 is 0. The van der Waals surface area contributed by atoms with Crippen LogP contribution in [0.1, 0.15) is 55.4 Å². The van der Waals surface area contributed by atoms with Gasteiger partial charge in [-0.1, -0.05) is 57.5 Å². The lowest BCUT2D eigenvalue weighted by Crippen LogP contribution is -2.35. The molecule has 4 heteroatoms. The number of nitrogens with one attached hydrogen (secondary N) is 2. The van der Waals surface area contributed by atoms with Gasteiger partial charge in [0.25, 0.3) is 5.91 Å². The Morgan fingerprint density at radius 3 is 2.61 bits per heavy atom. The maximum absolute atomic E-state index is 12.4. The molecule has 3 rings (SSSR count). The number of aryl methyl sites for hydroxylation is 1. The van der Waals surface area contributed by atoms with Gasteiger partial charge in [0, 0.05) is 17.7 Å². The van der Waals surface area contributed by atoms with E-state index in [0.29, 0.717) is 12.2 Å². The highest BCUT2D eigenvalue weighted by Gasteiger charge is 2.61. The van der Waals surface area contributed by atoms with E-state index in [4.69, 9.17) is 0 Å². The zero-order chi connectivity index (χ0) is 16.5. The number of carbonyl (C=O) groups excluding carboxylic acids is 1.